The number of benzene rings is 2. The van der Waals surface area contributed by atoms with Crippen LogP contribution in [0.1, 0.15) is 0 Å². The van der Waals surface area contributed by atoms with Gasteiger partial charge in [-0.3, -0.25) is 4.84 Å². The third-order valence-electron chi connectivity index (χ3n) is 2.42. The predicted molar refractivity (Wildman–Crippen MR) is 80.3 cm³/mol. The van der Waals surface area contributed by atoms with Gasteiger partial charge in [-0.25, -0.2) is 0 Å². The van der Waals surface area contributed by atoms with E-state index in [-0.39, 0.29) is 0 Å². The third-order valence-corrected chi connectivity index (χ3v) is 3.00. The van der Waals surface area contributed by atoms with Crippen molar-refractivity contribution in [3.05, 3.63) is 48.5 Å². The molecule has 4 nitrogen and oxygen atoms in total. The number of anilines is 1. The van der Waals surface area contributed by atoms with Gasteiger partial charge in [0.2, 0.25) is 0 Å². The highest BCUT2D eigenvalue weighted by atomic mass is 127. The van der Waals surface area contributed by atoms with Crippen molar-refractivity contribution in [1.82, 2.24) is 5.64 Å². The number of nitrogens with one attached hydrogen (secondary N) is 2. The molecular formula is C13H13IN2O2. The average Bonchev–Trinajstić information content (AvgIpc) is 2.46. The minimum atomic E-state index is 0.672. The van der Waals surface area contributed by atoms with Crippen molar-refractivity contribution >= 4 is 28.6 Å². The monoisotopic (exact) mass is 356 g/mol. The molecular weight excluding hydrogens is 343 g/mol. The largest absolute Gasteiger partial charge is 0.381 e. The van der Waals surface area contributed by atoms with Gasteiger partial charge in [-0.1, -0.05) is 36.4 Å². The molecule has 94 valence electrons. The smallest absolute Gasteiger partial charge is 0.173 e. The van der Waals surface area contributed by atoms with Crippen molar-refractivity contribution in [3.63, 3.8) is 0 Å². The zero-order valence-electron chi connectivity index (χ0n) is 9.81. The second-order valence-electron chi connectivity index (χ2n) is 3.56. The van der Waals surface area contributed by atoms with Gasteiger partial charge >= 0.3 is 0 Å². The van der Waals surface area contributed by atoms with Gasteiger partial charge in [-0.15, -0.1) is 0 Å². The standard InChI is InChI=1S/C13H13IN2O2/c1-17-16-18-13-8-7-11(9-12(13)15-14)10-5-3-2-4-6-10/h2-9,15-16H,1H3. The van der Waals surface area contributed by atoms with E-state index in [0.29, 0.717) is 5.75 Å². The molecule has 0 aliphatic heterocycles. The lowest BCUT2D eigenvalue weighted by molar-refractivity contribution is -0.0791. The summed E-state index contributed by atoms with van der Waals surface area (Å²) in [5.74, 6) is 0.672. The third kappa shape index (κ3) is 3.12. The average molecular weight is 356 g/mol. The fourth-order valence-corrected chi connectivity index (χ4v) is 2.01. The zero-order valence-corrected chi connectivity index (χ0v) is 12.0. The van der Waals surface area contributed by atoms with E-state index in [9.17, 15) is 0 Å². The van der Waals surface area contributed by atoms with Crippen LogP contribution in [0.3, 0.4) is 0 Å². The molecule has 2 aromatic carbocycles. The molecule has 0 aliphatic rings. The molecule has 0 fully saturated rings. The van der Waals surface area contributed by atoms with Crippen LogP contribution >= 0.6 is 22.9 Å². The Labute approximate surface area is 120 Å². The van der Waals surface area contributed by atoms with Crippen LogP contribution in [0.2, 0.25) is 0 Å². The second kappa shape index (κ2) is 6.58. The minimum absolute atomic E-state index is 0.672. The Morgan fingerprint density at radius 3 is 2.44 bits per heavy atom. The highest BCUT2D eigenvalue weighted by Gasteiger charge is 2.06. The summed E-state index contributed by atoms with van der Waals surface area (Å²) >= 11 is 2.07. The number of hydrogen-bond donors (Lipinski definition) is 2. The Bertz CT molecular complexity index is 506. The van der Waals surface area contributed by atoms with Crippen LogP contribution in [0.15, 0.2) is 48.5 Å². The maximum absolute atomic E-state index is 5.23. The Kier molecular flexibility index (Phi) is 4.80. The molecule has 0 aromatic heterocycles. The van der Waals surface area contributed by atoms with E-state index in [4.69, 9.17) is 4.84 Å². The number of rotatable bonds is 5. The topological polar surface area (TPSA) is 42.5 Å². The molecule has 2 rings (SSSR count). The molecule has 0 heterocycles. The summed E-state index contributed by atoms with van der Waals surface area (Å²) in [4.78, 5) is 9.89. The fourth-order valence-electron chi connectivity index (χ4n) is 1.59. The van der Waals surface area contributed by atoms with Crippen molar-refractivity contribution in [1.29, 1.82) is 0 Å². The van der Waals surface area contributed by atoms with E-state index in [1.807, 2.05) is 36.4 Å². The second-order valence-corrected chi connectivity index (χ2v) is 4.10. The molecule has 5 heteroatoms. The van der Waals surface area contributed by atoms with Gasteiger partial charge in [0.1, 0.15) is 0 Å². The summed E-state index contributed by atoms with van der Waals surface area (Å²) in [6.45, 7) is 0. The SMILES string of the molecule is CONOc1ccc(-c2ccccc2)cc1NI. The molecule has 2 aromatic rings. The first kappa shape index (κ1) is 13.1. The molecule has 0 atom stereocenters. The van der Waals surface area contributed by atoms with Crippen LogP contribution in [-0.4, -0.2) is 7.11 Å². The van der Waals surface area contributed by atoms with Crippen molar-refractivity contribution in [2.75, 3.05) is 10.6 Å². The Hall–Kier alpha value is -1.31. The number of halogens is 1. The molecule has 0 unspecified atom stereocenters. The quantitative estimate of drug-likeness (QED) is 0.489. The van der Waals surface area contributed by atoms with E-state index in [1.54, 1.807) is 0 Å². The molecule has 0 saturated carbocycles. The first-order valence-corrected chi connectivity index (χ1v) is 6.44. The van der Waals surface area contributed by atoms with Crippen molar-refractivity contribution < 1.29 is 9.68 Å². The van der Waals surface area contributed by atoms with Crippen LogP contribution in [0, 0.1) is 0 Å². The lowest BCUT2D eigenvalue weighted by Gasteiger charge is -2.11. The maximum Gasteiger partial charge on any atom is 0.173 e. The van der Waals surface area contributed by atoms with E-state index < -0.39 is 0 Å². The van der Waals surface area contributed by atoms with Gasteiger partial charge < -0.3 is 8.37 Å². The van der Waals surface area contributed by atoms with Crippen LogP contribution in [0.5, 0.6) is 5.75 Å². The van der Waals surface area contributed by atoms with Gasteiger partial charge in [-0.2, -0.15) is 0 Å². The van der Waals surface area contributed by atoms with Gasteiger partial charge in [0.05, 0.1) is 35.7 Å². The Morgan fingerprint density at radius 2 is 1.78 bits per heavy atom. The molecule has 0 aliphatic carbocycles. The highest BCUT2D eigenvalue weighted by molar-refractivity contribution is 14.1. The predicted octanol–water partition coefficient (Wildman–Crippen LogP) is 3.56. The van der Waals surface area contributed by atoms with Crippen molar-refractivity contribution in [3.8, 4) is 16.9 Å². The molecule has 0 spiro atoms. The fraction of sp³-hybridized carbons (Fsp3) is 0.0769. The molecule has 18 heavy (non-hydrogen) atoms. The highest BCUT2D eigenvalue weighted by Crippen LogP contribution is 2.31. The van der Waals surface area contributed by atoms with Crippen LogP contribution in [-0.2, 0) is 4.84 Å². The lowest BCUT2D eigenvalue weighted by Crippen LogP contribution is -2.16. The van der Waals surface area contributed by atoms with Gasteiger partial charge in [-0.05, 0) is 28.9 Å². The van der Waals surface area contributed by atoms with E-state index in [1.165, 1.54) is 7.11 Å². The summed E-state index contributed by atoms with van der Waals surface area (Å²) in [6.07, 6.45) is 0. The van der Waals surface area contributed by atoms with Crippen molar-refractivity contribution in [2.24, 2.45) is 0 Å². The summed E-state index contributed by atoms with van der Waals surface area (Å²) < 4.78 is 3.06. The summed E-state index contributed by atoms with van der Waals surface area (Å²) in [6, 6.07) is 16.1. The normalized spacial score (nSPS) is 10.1. The van der Waals surface area contributed by atoms with Crippen LogP contribution in [0.25, 0.3) is 11.1 Å². The molecule has 0 saturated heterocycles. The summed E-state index contributed by atoms with van der Waals surface area (Å²) in [5, 5.41) is 0. The molecule has 0 amide bonds. The summed E-state index contributed by atoms with van der Waals surface area (Å²) in [7, 11) is 1.50. The van der Waals surface area contributed by atoms with Crippen LogP contribution in [0.4, 0.5) is 5.69 Å². The van der Waals surface area contributed by atoms with Gasteiger partial charge in [0.15, 0.2) is 5.75 Å². The first-order valence-electron chi connectivity index (χ1n) is 5.36. The Morgan fingerprint density at radius 1 is 1.00 bits per heavy atom. The molecule has 0 bridgehead atoms. The van der Waals surface area contributed by atoms with Crippen molar-refractivity contribution in [2.45, 2.75) is 0 Å². The number of hydrogen-bond acceptors (Lipinski definition) is 4. The first-order chi connectivity index (χ1) is 8.85. The molecule has 0 radical (unpaired) electrons. The van der Waals surface area contributed by atoms with Crippen LogP contribution < -0.4 is 14.0 Å². The molecule has 2 N–H and O–H groups in total. The van der Waals surface area contributed by atoms with E-state index in [0.717, 1.165) is 16.8 Å². The lowest BCUT2D eigenvalue weighted by atomic mass is 10.1. The zero-order chi connectivity index (χ0) is 12.8. The van der Waals surface area contributed by atoms with E-state index >= 15 is 0 Å². The minimum Gasteiger partial charge on any atom is -0.381 e. The Balaban J connectivity index is 2.30. The summed E-state index contributed by atoms with van der Waals surface area (Å²) in [5.41, 5.74) is 5.52. The van der Waals surface area contributed by atoms with Gasteiger partial charge in [0.25, 0.3) is 0 Å². The maximum atomic E-state index is 5.23. The van der Waals surface area contributed by atoms with E-state index in [2.05, 4.69) is 49.0 Å². The van der Waals surface area contributed by atoms with Gasteiger partial charge in [0, 0.05) is 0 Å².